The van der Waals surface area contributed by atoms with Gasteiger partial charge in [-0.2, -0.15) is 18.3 Å². The van der Waals surface area contributed by atoms with Crippen LogP contribution < -0.4 is 9.80 Å². The van der Waals surface area contributed by atoms with Gasteiger partial charge in [0.25, 0.3) is 0 Å². The molecule has 156 valence electrons. The highest BCUT2D eigenvalue weighted by atomic mass is 19.4. The Balaban J connectivity index is 2.12. The first-order chi connectivity index (χ1) is 13.5. The average molecular weight is 410 g/mol. The number of H-pyrrole nitrogens is 1. The second-order valence-corrected chi connectivity index (χ2v) is 7.45. The quantitative estimate of drug-likeness (QED) is 0.787. The molecular formula is C19H21F3N4O3. The van der Waals surface area contributed by atoms with Gasteiger partial charge in [-0.15, -0.1) is 0 Å². The minimum Gasteiger partial charge on any atom is -0.465 e. The molecule has 2 amide bonds. The van der Waals surface area contributed by atoms with Crippen molar-refractivity contribution in [3.63, 3.8) is 0 Å². The van der Waals surface area contributed by atoms with Gasteiger partial charge in [0.15, 0.2) is 5.69 Å². The predicted octanol–water partition coefficient (Wildman–Crippen LogP) is 4.36. The number of aromatic amines is 1. The van der Waals surface area contributed by atoms with Crippen LogP contribution in [0.3, 0.4) is 0 Å². The van der Waals surface area contributed by atoms with E-state index in [1.807, 2.05) is 13.8 Å². The van der Waals surface area contributed by atoms with Crippen LogP contribution in [0.1, 0.15) is 32.9 Å². The molecule has 2 heterocycles. The number of nitrogens with zero attached hydrogens (tertiary/aromatic N) is 3. The highest BCUT2D eigenvalue weighted by Gasteiger charge is 2.38. The van der Waals surface area contributed by atoms with Crippen molar-refractivity contribution < 1.29 is 27.9 Å². The lowest BCUT2D eigenvalue weighted by molar-refractivity contribution is -0.140. The molecule has 2 aromatic rings. The number of carboxylic acid groups (broad SMARTS) is 1. The summed E-state index contributed by atoms with van der Waals surface area (Å²) >= 11 is 0. The summed E-state index contributed by atoms with van der Waals surface area (Å²) in [4.78, 5) is 27.1. The summed E-state index contributed by atoms with van der Waals surface area (Å²) in [6.07, 6.45) is -4.51. The zero-order chi connectivity index (χ0) is 21.5. The number of hydrogen-bond donors (Lipinski definition) is 2. The van der Waals surface area contributed by atoms with Crippen LogP contribution in [0.25, 0.3) is 11.1 Å². The van der Waals surface area contributed by atoms with Crippen LogP contribution in [0, 0.1) is 5.92 Å². The molecule has 0 fully saturated rings. The summed E-state index contributed by atoms with van der Waals surface area (Å²) in [6.45, 7) is 5.56. The third-order valence-corrected chi connectivity index (χ3v) is 4.72. The Bertz CT molecular complexity index is 939. The number of hydrogen-bond acceptors (Lipinski definition) is 3. The maximum Gasteiger partial charge on any atom is 0.435 e. The molecule has 0 radical (unpaired) electrons. The Morgan fingerprint density at radius 1 is 1.31 bits per heavy atom. The van der Waals surface area contributed by atoms with Crippen LogP contribution in [-0.4, -0.2) is 39.9 Å². The number of anilines is 2. The van der Waals surface area contributed by atoms with Crippen LogP contribution in [0.2, 0.25) is 0 Å². The monoisotopic (exact) mass is 410 g/mol. The lowest BCUT2D eigenvalue weighted by atomic mass is 10.00. The Hall–Kier alpha value is -3.04. The number of fused-ring (bicyclic) bond motifs is 1. The number of aromatic nitrogens is 2. The fourth-order valence-corrected chi connectivity index (χ4v) is 3.53. The Labute approximate surface area is 165 Å². The first-order valence-electron chi connectivity index (χ1n) is 9.08. The van der Waals surface area contributed by atoms with Crippen molar-refractivity contribution in [1.29, 1.82) is 0 Å². The van der Waals surface area contributed by atoms with E-state index in [4.69, 9.17) is 0 Å². The van der Waals surface area contributed by atoms with Crippen LogP contribution in [0.4, 0.5) is 29.3 Å². The van der Waals surface area contributed by atoms with Gasteiger partial charge in [0.05, 0.1) is 17.4 Å². The van der Waals surface area contributed by atoms with E-state index in [1.165, 1.54) is 23.1 Å². The smallest absolute Gasteiger partial charge is 0.435 e. The predicted molar refractivity (Wildman–Crippen MR) is 101 cm³/mol. The standard InChI is InChI=1S/C19H21F3N4O3/c1-10(2)6-16(27)26-11(3)9-25(18(28)29)15-7-12(4-5-14(15)26)13-8-23-24-17(13)19(20,21)22/h4-5,7-8,10-11H,6,9H2,1-3H3,(H,23,24)(H,28,29)/t11-/m0/s1. The van der Waals surface area contributed by atoms with Crippen LogP contribution >= 0.6 is 0 Å². The zero-order valence-corrected chi connectivity index (χ0v) is 16.1. The third kappa shape index (κ3) is 3.92. The van der Waals surface area contributed by atoms with E-state index in [0.717, 1.165) is 11.1 Å². The lowest BCUT2D eigenvalue weighted by Crippen LogP contribution is -2.51. The summed E-state index contributed by atoms with van der Waals surface area (Å²) in [5.41, 5.74) is -0.598. The number of benzene rings is 1. The van der Waals surface area contributed by atoms with Gasteiger partial charge < -0.3 is 10.0 Å². The SMILES string of the molecule is CC(C)CC(=O)N1c2ccc(-c3c[nH]nc3C(F)(F)F)cc2N(C(=O)O)C[C@@H]1C. The van der Waals surface area contributed by atoms with Crippen molar-refractivity contribution in [3.05, 3.63) is 30.1 Å². The molecule has 0 unspecified atom stereocenters. The highest BCUT2D eigenvalue weighted by Crippen LogP contribution is 2.42. The molecule has 1 atom stereocenters. The van der Waals surface area contributed by atoms with Gasteiger partial charge in [-0.25, -0.2) is 4.79 Å². The van der Waals surface area contributed by atoms with Gasteiger partial charge >= 0.3 is 12.3 Å². The molecule has 1 aromatic carbocycles. The zero-order valence-electron chi connectivity index (χ0n) is 16.1. The summed E-state index contributed by atoms with van der Waals surface area (Å²) in [7, 11) is 0. The van der Waals surface area contributed by atoms with Gasteiger partial charge in [0.2, 0.25) is 5.91 Å². The van der Waals surface area contributed by atoms with E-state index in [2.05, 4.69) is 10.2 Å². The Morgan fingerprint density at radius 2 is 2.00 bits per heavy atom. The van der Waals surface area contributed by atoms with Crippen LogP contribution in [0.15, 0.2) is 24.4 Å². The fraction of sp³-hybridized carbons (Fsp3) is 0.421. The first kappa shape index (κ1) is 20.7. The van der Waals surface area contributed by atoms with Gasteiger partial charge in [0, 0.05) is 24.7 Å². The first-order valence-corrected chi connectivity index (χ1v) is 9.08. The van der Waals surface area contributed by atoms with Crippen LogP contribution in [-0.2, 0) is 11.0 Å². The molecule has 1 aromatic heterocycles. The molecular weight excluding hydrogens is 389 g/mol. The lowest BCUT2D eigenvalue weighted by Gasteiger charge is -2.40. The molecule has 3 rings (SSSR count). The molecule has 7 nitrogen and oxygen atoms in total. The molecule has 0 spiro atoms. The van der Waals surface area contributed by atoms with E-state index >= 15 is 0 Å². The largest absolute Gasteiger partial charge is 0.465 e. The number of nitrogens with one attached hydrogen (secondary N) is 1. The minimum absolute atomic E-state index is 0.0210. The number of carbonyl (C=O) groups is 2. The Morgan fingerprint density at radius 3 is 2.59 bits per heavy atom. The van der Waals surface area contributed by atoms with Gasteiger partial charge in [-0.1, -0.05) is 19.9 Å². The number of halogens is 3. The third-order valence-electron chi connectivity index (χ3n) is 4.72. The van der Waals surface area contributed by atoms with E-state index in [-0.39, 0.29) is 41.6 Å². The molecule has 29 heavy (non-hydrogen) atoms. The van der Waals surface area contributed by atoms with Crippen molar-refractivity contribution in [2.24, 2.45) is 5.92 Å². The van der Waals surface area contributed by atoms with Crippen molar-refractivity contribution in [1.82, 2.24) is 10.2 Å². The van der Waals surface area contributed by atoms with Crippen molar-refractivity contribution in [3.8, 4) is 11.1 Å². The van der Waals surface area contributed by atoms with E-state index in [9.17, 15) is 27.9 Å². The molecule has 0 aliphatic carbocycles. The van der Waals surface area contributed by atoms with E-state index in [1.54, 1.807) is 6.92 Å². The highest BCUT2D eigenvalue weighted by molar-refractivity contribution is 6.03. The molecule has 1 aliphatic heterocycles. The van der Waals surface area contributed by atoms with Crippen molar-refractivity contribution >= 4 is 23.4 Å². The van der Waals surface area contributed by atoms with Crippen molar-refractivity contribution in [2.45, 2.75) is 39.4 Å². The maximum atomic E-state index is 13.2. The summed E-state index contributed by atoms with van der Waals surface area (Å²) in [6, 6.07) is 3.87. The number of alkyl halides is 3. The Kier molecular flexibility index (Phi) is 5.29. The van der Waals surface area contributed by atoms with E-state index in [0.29, 0.717) is 5.69 Å². The second kappa shape index (κ2) is 7.41. The van der Waals surface area contributed by atoms with Gasteiger partial charge in [-0.05, 0) is 30.5 Å². The number of carbonyl (C=O) groups excluding carboxylic acids is 1. The topological polar surface area (TPSA) is 89.5 Å². The maximum absolute atomic E-state index is 13.2. The van der Waals surface area contributed by atoms with Gasteiger partial charge in [0.1, 0.15) is 0 Å². The molecule has 10 heteroatoms. The number of amides is 2. The minimum atomic E-state index is -4.66. The second-order valence-electron chi connectivity index (χ2n) is 7.45. The van der Waals surface area contributed by atoms with Crippen LogP contribution in [0.5, 0.6) is 0 Å². The molecule has 0 saturated heterocycles. The summed E-state index contributed by atoms with van der Waals surface area (Å²) in [5.74, 6) is -0.0546. The number of rotatable bonds is 3. The normalized spacial score (nSPS) is 16.9. The average Bonchev–Trinajstić information content (AvgIpc) is 3.09. The molecule has 1 aliphatic rings. The summed E-state index contributed by atoms with van der Waals surface area (Å²) < 4.78 is 39.6. The van der Waals surface area contributed by atoms with Gasteiger partial charge in [-0.3, -0.25) is 14.8 Å². The fourth-order valence-electron chi connectivity index (χ4n) is 3.53. The van der Waals surface area contributed by atoms with E-state index < -0.39 is 24.0 Å². The molecule has 2 N–H and O–H groups in total. The molecule has 0 saturated carbocycles. The van der Waals surface area contributed by atoms with Crippen molar-refractivity contribution in [2.75, 3.05) is 16.3 Å². The molecule has 0 bridgehead atoms. The summed E-state index contributed by atoms with van der Waals surface area (Å²) in [5, 5.41) is 15.1.